The fourth-order valence-corrected chi connectivity index (χ4v) is 2.62. The van der Waals surface area contributed by atoms with Crippen molar-refractivity contribution >= 4 is 11.8 Å². The molecule has 0 saturated carbocycles. The van der Waals surface area contributed by atoms with Crippen LogP contribution in [0.25, 0.3) is 11.5 Å². The van der Waals surface area contributed by atoms with Gasteiger partial charge >= 0.3 is 0 Å². The van der Waals surface area contributed by atoms with Gasteiger partial charge in [0, 0.05) is 31.5 Å². The summed E-state index contributed by atoms with van der Waals surface area (Å²) < 4.78 is 10.3. The van der Waals surface area contributed by atoms with Gasteiger partial charge in [0.15, 0.2) is 5.82 Å². The number of ether oxygens (including phenoxy) is 1. The highest BCUT2D eigenvalue weighted by Gasteiger charge is 2.20. The van der Waals surface area contributed by atoms with Gasteiger partial charge in [-0.25, -0.2) is 0 Å². The number of carbonyl (C=O) groups excluding carboxylic acids is 2. The Hall–Kier alpha value is -2.90. The van der Waals surface area contributed by atoms with E-state index in [9.17, 15) is 9.59 Å². The van der Waals surface area contributed by atoms with Crippen LogP contribution in [-0.4, -0.2) is 47.1 Å². The van der Waals surface area contributed by atoms with Gasteiger partial charge in [0.05, 0.1) is 13.7 Å². The molecule has 25 heavy (non-hydrogen) atoms. The van der Waals surface area contributed by atoms with Crippen LogP contribution < -0.4 is 10.1 Å². The summed E-state index contributed by atoms with van der Waals surface area (Å²) in [4.78, 5) is 29.4. The highest BCUT2D eigenvalue weighted by Crippen LogP contribution is 2.20. The van der Waals surface area contributed by atoms with Crippen molar-refractivity contribution in [3.05, 3.63) is 30.1 Å². The third-order valence-electron chi connectivity index (χ3n) is 4.03. The molecule has 1 aliphatic heterocycles. The second kappa shape index (κ2) is 7.78. The minimum atomic E-state index is -0.143. The fourth-order valence-electron chi connectivity index (χ4n) is 2.62. The summed E-state index contributed by atoms with van der Waals surface area (Å²) in [6.45, 7) is 1.38. The van der Waals surface area contributed by atoms with E-state index in [0.717, 1.165) is 24.3 Å². The smallest absolute Gasteiger partial charge is 0.257 e. The van der Waals surface area contributed by atoms with E-state index in [-0.39, 0.29) is 24.8 Å². The summed E-state index contributed by atoms with van der Waals surface area (Å²) in [6, 6.07) is 7.25. The molecule has 1 N–H and O–H groups in total. The van der Waals surface area contributed by atoms with E-state index in [2.05, 4.69) is 15.5 Å². The molecular weight excluding hydrogens is 324 g/mol. The van der Waals surface area contributed by atoms with E-state index in [1.54, 1.807) is 24.1 Å². The Kier molecular flexibility index (Phi) is 5.27. The Balaban J connectivity index is 1.47. The third-order valence-corrected chi connectivity index (χ3v) is 4.03. The minimum Gasteiger partial charge on any atom is -0.497 e. The molecule has 1 saturated heterocycles. The largest absolute Gasteiger partial charge is 0.497 e. The number of benzene rings is 1. The van der Waals surface area contributed by atoms with Gasteiger partial charge in [0.25, 0.3) is 5.89 Å². The number of methoxy groups -OCH3 is 1. The monoisotopic (exact) mass is 344 g/mol. The molecule has 0 unspecified atom stereocenters. The van der Waals surface area contributed by atoms with Crippen molar-refractivity contribution in [2.45, 2.75) is 25.8 Å². The number of nitrogens with one attached hydrogen (secondary N) is 1. The van der Waals surface area contributed by atoms with Crippen LogP contribution in [0.3, 0.4) is 0 Å². The second-order valence-corrected chi connectivity index (χ2v) is 5.76. The zero-order valence-corrected chi connectivity index (χ0v) is 14.0. The molecule has 2 aromatic rings. The average molecular weight is 344 g/mol. The maximum Gasteiger partial charge on any atom is 0.257 e. The Morgan fingerprint density at radius 3 is 2.84 bits per heavy atom. The number of aromatic nitrogens is 2. The molecular formula is C17H20N4O4. The van der Waals surface area contributed by atoms with Crippen molar-refractivity contribution in [2.24, 2.45) is 0 Å². The van der Waals surface area contributed by atoms with Gasteiger partial charge in [-0.05, 0) is 30.7 Å². The topological polar surface area (TPSA) is 97.6 Å². The van der Waals surface area contributed by atoms with E-state index in [4.69, 9.17) is 9.26 Å². The van der Waals surface area contributed by atoms with Crippen LogP contribution in [0, 0.1) is 0 Å². The Morgan fingerprint density at radius 1 is 1.36 bits per heavy atom. The molecule has 3 rings (SSSR count). The van der Waals surface area contributed by atoms with Crippen LogP contribution in [0.2, 0.25) is 0 Å². The number of nitrogens with zero attached hydrogens (tertiary/aromatic N) is 3. The van der Waals surface area contributed by atoms with Crippen LogP contribution in [0.4, 0.5) is 0 Å². The van der Waals surface area contributed by atoms with E-state index in [1.807, 2.05) is 12.1 Å². The Bertz CT molecular complexity index is 741. The molecule has 0 spiro atoms. The van der Waals surface area contributed by atoms with Crippen LogP contribution in [0.5, 0.6) is 5.75 Å². The van der Waals surface area contributed by atoms with Gasteiger partial charge in [0.1, 0.15) is 5.75 Å². The number of rotatable bonds is 7. The zero-order chi connectivity index (χ0) is 17.6. The lowest BCUT2D eigenvalue weighted by molar-refractivity contribution is -0.128. The molecule has 1 aliphatic rings. The molecule has 1 fully saturated rings. The van der Waals surface area contributed by atoms with Crippen LogP contribution in [-0.2, 0) is 16.1 Å². The van der Waals surface area contributed by atoms with Crippen LogP contribution >= 0.6 is 0 Å². The minimum absolute atomic E-state index is 0.120. The van der Waals surface area contributed by atoms with Crippen molar-refractivity contribution in [2.75, 3.05) is 20.2 Å². The van der Waals surface area contributed by atoms with Crippen molar-refractivity contribution in [1.82, 2.24) is 20.4 Å². The zero-order valence-electron chi connectivity index (χ0n) is 14.0. The summed E-state index contributed by atoms with van der Waals surface area (Å²) in [6.07, 6.45) is 1.73. The maximum absolute atomic E-state index is 11.9. The number of hydrogen-bond donors (Lipinski definition) is 1. The molecule has 0 radical (unpaired) electrons. The lowest BCUT2D eigenvalue weighted by Gasteiger charge is -2.14. The van der Waals surface area contributed by atoms with Crippen molar-refractivity contribution in [1.29, 1.82) is 0 Å². The van der Waals surface area contributed by atoms with Crippen LogP contribution in [0.1, 0.15) is 25.1 Å². The van der Waals surface area contributed by atoms with Crippen LogP contribution in [0.15, 0.2) is 28.8 Å². The molecule has 8 heteroatoms. The lowest BCUT2D eigenvalue weighted by Crippen LogP contribution is -2.31. The molecule has 0 atom stereocenters. The third kappa shape index (κ3) is 4.34. The normalized spacial score (nSPS) is 14.0. The molecule has 0 bridgehead atoms. The van der Waals surface area contributed by atoms with Gasteiger partial charge in [-0.1, -0.05) is 5.16 Å². The highest BCUT2D eigenvalue weighted by atomic mass is 16.5. The molecule has 2 heterocycles. The van der Waals surface area contributed by atoms with E-state index in [1.165, 1.54) is 0 Å². The average Bonchev–Trinajstić information content (AvgIpc) is 3.27. The summed E-state index contributed by atoms with van der Waals surface area (Å²) >= 11 is 0. The number of amides is 2. The summed E-state index contributed by atoms with van der Waals surface area (Å²) in [5.74, 6) is 1.50. The molecule has 132 valence electrons. The van der Waals surface area contributed by atoms with Crippen molar-refractivity contribution in [3.8, 4) is 17.2 Å². The van der Waals surface area contributed by atoms with Gasteiger partial charge < -0.3 is 19.5 Å². The molecule has 1 aromatic carbocycles. The quantitative estimate of drug-likeness (QED) is 0.815. The van der Waals surface area contributed by atoms with Crippen molar-refractivity contribution in [3.63, 3.8) is 0 Å². The summed E-state index contributed by atoms with van der Waals surface area (Å²) in [5.41, 5.74) is 0.776. The predicted molar refractivity (Wildman–Crippen MR) is 88.6 cm³/mol. The van der Waals surface area contributed by atoms with E-state index < -0.39 is 0 Å². The first-order valence-electron chi connectivity index (χ1n) is 8.17. The van der Waals surface area contributed by atoms with Gasteiger partial charge in [-0.15, -0.1) is 0 Å². The predicted octanol–water partition coefficient (Wildman–Crippen LogP) is 1.37. The Morgan fingerprint density at radius 2 is 2.16 bits per heavy atom. The first kappa shape index (κ1) is 16.9. The summed E-state index contributed by atoms with van der Waals surface area (Å²) in [5, 5.41) is 6.60. The standard InChI is InChI=1S/C17H20N4O4/c1-24-13-6-4-12(5-7-13)17-19-14(20-25-17)11-18-15(22)8-10-21-9-2-3-16(21)23/h4-7H,2-3,8-11H2,1H3,(H,18,22). The van der Waals surface area contributed by atoms with Crippen molar-refractivity contribution < 1.29 is 18.8 Å². The summed E-state index contributed by atoms with van der Waals surface area (Å²) in [7, 11) is 1.60. The first-order chi connectivity index (χ1) is 12.2. The fraction of sp³-hybridized carbons (Fsp3) is 0.412. The SMILES string of the molecule is COc1ccc(-c2nc(CNC(=O)CCN3CCCC3=O)no2)cc1. The molecule has 8 nitrogen and oxygen atoms in total. The second-order valence-electron chi connectivity index (χ2n) is 5.76. The number of hydrogen-bond acceptors (Lipinski definition) is 6. The molecule has 0 aliphatic carbocycles. The van der Waals surface area contributed by atoms with Gasteiger partial charge in [-0.2, -0.15) is 4.98 Å². The highest BCUT2D eigenvalue weighted by molar-refractivity contribution is 5.80. The number of likely N-dealkylation sites (tertiary alicyclic amines) is 1. The first-order valence-corrected chi connectivity index (χ1v) is 8.17. The molecule has 2 amide bonds. The molecule has 1 aromatic heterocycles. The number of carbonyl (C=O) groups is 2. The van der Waals surface area contributed by atoms with Gasteiger partial charge in [-0.3, -0.25) is 9.59 Å². The van der Waals surface area contributed by atoms with Gasteiger partial charge in [0.2, 0.25) is 11.8 Å². The van der Waals surface area contributed by atoms with E-state index >= 15 is 0 Å². The Labute approximate surface area is 145 Å². The lowest BCUT2D eigenvalue weighted by atomic mass is 10.2. The maximum atomic E-state index is 11.9. The van der Waals surface area contributed by atoms with E-state index in [0.29, 0.717) is 24.7 Å².